The summed E-state index contributed by atoms with van der Waals surface area (Å²) in [6, 6.07) is 7.99. The van der Waals surface area contributed by atoms with E-state index in [9.17, 15) is 8.42 Å². The lowest BCUT2D eigenvalue weighted by atomic mass is 10.3. The molecule has 0 aliphatic carbocycles. The Morgan fingerprint density at radius 1 is 1.30 bits per heavy atom. The Labute approximate surface area is 125 Å². The van der Waals surface area contributed by atoms with E-state index in [2.05, 4.69) is 31.1 Å². The largest absolute Gasteiger partial charge is 0.323 e. The van der Waals surface area contributed by atoms with Crippen LogP contribution in [0.25, 0.3) is 0 Å². The molecule has 1 aromatic carbocycles. The summed E-state index contributed by atoms with van der Waals surface area (Å²) in [6.45, 7) is 1.85. The van der Waals surface area contributed by atoms with Crippen molar-refractivity contribution in [1.29, 1.82) is 0 Å². The fraction of sp³-hybridized carbons (Fsp3) is 0.0833. The van der Waals surface area contributed by atoms with Gasteiger partial charge in [0.15, 0.2) is 0 Å². The highest BCUT2D eigenvalue weighted by molar-refractivity contribution is 9.10. The highest BCUT2D eigenvalue weighted by atomic mass is 79.9. The molecule has 20 heavy (non-hydrogen) atoms. The Morgan fingerprint density at radius 2 is 2.00 bits per heavy atom. The molecule has 0 fully saturated rings. The first-order valence-corrected chi connectivity index (χ1v) is 7.92. The summed E-state index contributed by atoms with van der Waals surface area (Å²) in [4.78, 5) is 4.08. The summed E-state index contributed by atoms with van der Waals surface area (Å²) in [5.41, 5.74) is 3.55. The minimum atomic E-state index is -3.76. The topological polar surface area (TPSA) is 97.1 Å². The zero-order valence-electron chi connectivity index (χ0n) is 10.6. The minimum Gasteiger partial charge on any atom is -0.323 e. The third-order valence-corrected chi connectivity index (χ3v) is 4.86. The lowest BCUT2D eigenvalue weighted by Gasteiger charge is -2.11. The van der Waals surface area contributed by atoms with E-state index in [0.29, 0.717) is 5.69 Å². The number of halogens is 1. The van der Waals surface area contributed by atoms with Crippen LogP contribution < -0.4 is 16.0 Å². The van der Waals surface area contributed by atoms with Crippen LogP contribution in [0.15, 0.2) is 45.9 Å². The maximum atomic E-state index is 12.3. The molecule has 2 aromatic rings. The van der Waals surface area contributed by atoms with Crippen LogP contribution in [-0.4, -0.2) is 13.4 Å². The second kappa shape index (κ2) is 5.78. The molecule has 0 saturated heterocycles. The van der Waals surface area contributed by atoms with Crippen molar-refractivity contribution in [2.75, 3.05) is 10.1 Å². The van der Waals surface area contributed by atoms with Gasteiger partial charge in [-0.05, 0) is 46.6 Å². The number of benzene rings is 1. The highest BCUT2D eigenvalue weighted by Crippen LogP contribution is 2.23. The van der Waals surface area contributed by atoms with E-state index in [1.165, 1.54) is 6.07 Å². The van der Waals surface area contributed by atoms with Crippen LogP contribution in [0, 0.1) is 6.92 Å². The fourth-order valence-corrected chi connectivity index (χ4v) is 3.00. The molecular formula is C12H13BrN4O2S. The number of anilines is 2. The van der Waals surface area contributed by atoms with Crippen LogP contribution in [-0.2, 0) is 10.0 Å². The molecular weight excluding hydrogens is 344 g/mol. The summed E-state index contributed by atoms with van der Waals surface area (Å²) in [6.07, 6.45) is 1.54. The number of hydrazine groups is 1. The quantitative estimate of drug-likeness (QED) is 0.576. The molecule has 0 aliphatic rings. The van der Waals surface area contributed by atoms with E-state index in [1.807, 2.05) is 6.92 Å². The Hall–Kier alpha value is -1.64. The van der Waals surface area contributed by atoms with Crippen molar-refractivity contribution in [3.63, 3.8) is 0 Å². The Morgan fingerprint density at radius 3 is 2.65 bits per heavy atom. The van der Waals surface area contributed by atoms with Crippen LogP contribution in [0.1, 0.15) is 5.56 Å². The van der Waals surface area contributed by atoms with Crippen molar-refractivity contribution in [3.8, 4) is 0 Å². The van der Waals surface area contributed by atoms with Crippen molar-refractivity contribution < 1.29 is 8.42 Å². The molecule has 2 rings (SSSR count). The molecule has 1 aromatic heterocycles. The predicted octanol–water partition coefficient (Wildman–Crippen LogP) is 2.24. The van der Waals surface area contributed by atoms with Crippen LogP contribution in [0.4, 0.5) is 11.5 Å². The minimum absolute atomic E-state index is 0.0601. The summed E-state index contributed by atoms with van der Waals surface area (Å²) < 4.78 is 27.9. The Bertz CT molecular complexity index is 734. The maximum absolute atomic E-state index is 12.3. The molecule has 0 atom stereocenters. The SMILES string of the molecule is Cc1cc(NS(=O)(=O)c2ccccc2NN)ncc1Br. The number of pyridine rings is 1. The van der Waals surface area contributed by atoms with Crippen LogP contribution in [0.5, 0.6) is 0 Å². The van der Waals surface area contributed by atoms with E-state index in [0.717, 1.165) is 10.0 Å². The summed E-state index contributed by atoms with van der Waals surface area (Å²) >= 11 is 3.31. The molecule has 0 radical (unpaired) electrons. The molecule has 1 heterocycles. The van der Waals surface area contributed by atoms with Gasteiger partial charge in [-0.15, -0.1) is 0 Å². The number of hydrogen-bond donors (Lipinski definition) is 3. The third kappa shape index (κ3) is 3.09. The van der Waals surface area contributed by atoms with Gasteiger partial charge in [0.25, 0.3) is 10.0 Å². The van der Waals surface area contributed by atoms with Gasteiger partial charge in [-0.25, -0.2) is 13.4 Å². The van der Waals surface area contributed by atoms with Gasteiger partial charge in [-0.1, -0.05) is 12.1 Å². The fourth-order valence-electron chi connectivity index (χ4n) is 1.61. The molecule has 0 spiro atoms. The number of aryl methyl sites for hydroxylation is 1. The first-order chi connectivity index (χ1) is 9.44. The molecule has 0 saturated carbocycles. The maximum Gasteiger partial charge on any atom is 0.265 e. The highest BCUT2D eigenvalue weighted by Gasteiger charge is 2.18. The van der Waals surface area contributed by atoms with Crippen molar-refractivity contribution in [2.45, 2.75) is 11.8 Å². The lowest BCUT2D eigenvalue weighted by Crippen LogP contribution is -2.18. The average molecular weight is 357 g/mol. The van der Waals surface area contributed by atoms with E-state index >= 15 is 0 Å². The number of hydrogen-bond acceptors (Lipinski definition) is 5. The van der Waals surface area contributed by atoms with Gasteiger partial charge in [0.2, 0.25) is 0 Å². The van der Waals surface area contributed by atoms with Crippen LogP contribution in [0.3, 0.4) is 0 Å². The lowest BCUT2D eigenvalue weighted by molar-refractivity contribution is 0.601. The van der Waals surface area contributed by atoms with Crippen molar-refractivity contribution in [1.82, 2.24) is 4.98 Å². The van der Waals surface area contributed by atoms with Gasteiger partial charge in [-0.3, -0.25) is 10.6 Å². The van der Waals surface area contributed by atoms with Crippen LogP contribution in [0.2, 0.25) is 0 Å². The number of para-hydroxylation sites is 1. The van der Waals surface area contributed by atoms with E-state index in [1.54, 1.807) is 30.5 Å². The first-order valence-electron chi connectivity index (χ1n) is 5.64. The smallest absolute Gasteiger partial charge is 0.265 e. The zero-order valence-corrected chi connectivity index (χ0v) is 13.0. The number of nitrogens with two attached hydrogens (primary N) is 1. The molecule has 0 unspecified atom stereocenters. The number of aromatic nitrogens is 1. The second-order valence-corrected chi connectivity index (χ2v) is 6.57. The number of rotatable bonds is 4. The molecule has 106 valence electrons. The molecule has 6 nitrogen and oxygen atoms in total. The van der Waals surface area contributed by atoms with Gasteiger partial charge in [0.1, 0.15) is 10.7 Å². The molecule has 0 amide bonds. The number of nitrogens with zero attached hydrogens (tertiary/aromatic N) is 1. The number of sulfonamides is 1. The van der Waals surface area contributed by atoms with E-state index in [4.69, 9.17) is 5.84 Å². The van der Waals surface area contributed by atoms with Crippen LogP contribution >= 0.6 is 15.9 Å². The van der Waals surface area contributed by atoms with Gasteiger partial charge in [0.05, 0.1) is 5.69 Å². The Kier molecular flexibility index (Phi) is 4.26. The summed E-state index contributed by atoms with van der Waals surface area (Å²) in [5.74, 6) is 5.57. The predicted molar refractivity (Wildman–Crippen MR) is 81.7 cm³/mol. The normalized spacial score (nSPS) is 11.2. The van der Waals surface area contributed by atoms with Gasteiger partial charge in [-0.2, -0.15) is 0 Å². The monoisotopic (exact) mass is 356 g/mol. The van der Waals surface area contributed by atoms with Gasteiger partial charge >= 0.3 is 0 Å². The van der Waals surface area contributed by atoms with E-state index < -0.39 is 10.0 Å². The third-order valence-electron chi connectivity index (χ3n) is 2.62. The van der Waals surface area contributed by atoms with Gasteiger partial charge < -0.3 is 5.43 Å². The molecule has 0 bridgehead atoms. The molecule has 8 heteroatoms. The second-order valence-electron chi connectivity index (χ2n) is 4.06. The van der Waals surface area contributed by atoms with Gasteiger partial charge in [0, 0.05) is 10.7 Å². The number of nitrogens with one attached hydrogen (secondary N) is 2. The number of nitrogen functional groups attached to an aromatic ring is 1. The van der Waals surface area contributed by atoms with Crippen molar-refractivity contribution in [3.05, 3.63) is 46.6 Å². The molecule has 4 N–H and O–H groups in total. The summed E-state index contributed by atoms with van der Waals surface area (Å²) in [5, 5.41) is 0. The standard InChI is InChI=1S/C12H13BrN4O2S/c1-8-6-12(15-7-9(8)13)17-20(18,19)11-5-3-2-4-10(11)16-14/h2-7,16H,14H2,1H3,(H,15,17). The Balaban J connectivity index is 2.38. The first kappa shape index (κ1) is 14.8. The van der Waals surface area contributed by atoms with Crippen molar-refractivity contribution in [2.24, 2.45) is 5.84 Å². The zero-order chi connectivity index (χ0) is 14.8. The average Bonchev–Trinajstić information content (AvgIpc) is 2.42. The van der Waals surface area contributed by atoms with Crippen molar-refractivity contribution >= 4 is 37.5 Å². The molecule has 0 aliphatic heterocycles. The summed E-state index contributed by atoms with van der Waals surface area (Å²) in [7, 11) is -3.76. The van der Waals surface area contributed by atoms with E-state index in [-0.39, 0.29) is 10.7 Å².